The summed E-state index contributed by atoms with van der Waals surface area (Å²) in [6.45, 7) is 5.18. The van der Waals surface area contributed by atoms with Crippen LogP contribution in [0.4, 0.5) is 22.0 Å². The van der Waals surface area contributed by atoms with Crippen molar-refractivity contribution in [1.29, 1.82) is 0 Å². The van der Waals surface area contributed by atoms with E-state index in [2.05, 4.69) is 11.9 Å². The normalized spacial score (nSPS) is 12.7. The predicted octanol–water partition coefficient (Wildman–Crippen LogP) is 6.99. The van der Waals surface area contributed by atoms with Crippen LogP contribution < -0.4 is 5.32 Å². The highest BCUT2D eigenvalue weighted by molar-refractivity contribution is 5.95. The third-order valence-corrected chi connectivity index (χ3v) is 4.47. The van der Waals surface area contributed by atoms with E-state index in [9.17, 15) is 22.0 Å². The number of hydrogen-bond acceptors (Lipinski definition) is 2. The molecule has 1 N–H and O–H groups in total. The van der Waals surface area contributed by atoms with Gasteiger partial charge in [-0.25, -0.2) is 8.78 Å². The molecule has 0 aliphatic carbocycles. The standard InChI is InChI=1S/C23H18F5NO/c1-3-15(12-11-14(2)29-13-17-18(24)8-6-9-19(17)25)21-16-7-4-5-10-20(16)30-22(21)23(26,27)28/h3-12,29H,2,13H2,1H3/b12-11-,15-3+. The van der Waals surface area contributed by atoms with Crippen molar-refractivity contribution in [3.8, 4) is 0 Å². The molecule has 1 heterocycles. The summed E-state index contributed by atoms with van der Waals surface area (Å²) in [7, 11) is 0. The molecule has 0 radical (unpaired) electrons. The van der Waals surface area contributed by atoms with Crippen molar-refractivity contribution in [2.24, 2.45) is 0 Å². The third-order valence-electron chi connectivity index (χ3n) is 4.47. The molecular formula is C23H18F5NO. The van der Waals surface area contributed by atoms with E-state index in [0.717, 1.165) is 12.1 Å². The Balaban J connectivity index is 1.85. The molecule has 0 saturated carbocycles. The van der Waals surface area contributed by atoms with Crippen LogP contribution in [0, 0.1) is 11.6 Å². The molecule has 3 rings (SSSR count). The van der Waals surface area contributed by atoms with E-state index >= 15 is 0 Å². The lowest BCUT2D eigenvalue weighted by Gasteiger charge is -2.09. The maximum Gasteiger partial charge on any atom is 0.450 e. The van der Waals surface area contributed by atoms with Gasteiger partial charge in [-0.15, -0.1) is 0 Å². The summed E-state index contributed by atoms with van der Waals surface area (Å²) < 4.78 is 73.0. The van der Waals surface area contributed by atoms with Crippen LogP contribution in [0.25, 0.3) is 16.5 Å². The van der Waals surface area contributed by atoms with Crippen molar-refractivity contribution < 1.29 is 26.4 Å². The molecule has 30 heavy (non-hydrogen) atoms. The molecule has 3 aromatic rings. The molecule has 1 aromatic heterocycles. The van der Waals surface area contributed by atoms with Gasteiger partial charge in [0.1, 0.15) is 17.2 Å². The van der Waals surface area contributed by atoms with Crippen molar-refractivity contribution in [1.82, 2.24) is 5.32 Å². The fourth-order valence-electron chi connectivity index (χ4n) is 3.01. The topological polar surface area (TPSA) is 25.2 Å². The van der Waals surface area contributed by atoms with Gasteiger partial charge >= 0.3 is 6.18 Å². The first-order valence-electron chi connectivity index (χ1n) is 9.01. The van der Waals surface area contributed by atoms with Crippen LogP contribution in [0.2, 0.25) is 0 Å². The number of rotatable bonds is 6. The molecule has 0 atom stereocenters. The maximum absolute atomic E-state index is 13.7. The number of halogens is 5. The molecule has 156 valence electrons. The lowest BCUT2D eigenvalue weighted by atomic mass is 10.0. The first-order chi connectivity index (χ1) is 14.2. The van der Waals surface area contributed by atoms with E-state index in [4.69, 9.17) is 4.42 Å². The minimum atomic E-state index is -4.67. The summed E-state index contributed by atoms with van der Waals surface area (Å²) in [6, 6.07) is 9.77. The van der Waals surface area contributed by atoms with E-state index in [1.165, 1.54) is 30.4 Å². The van der Waals surface area contributed by atoms with E-state index in [1.54, 1.807) is 25.1 Å². The van der Waals surface area contributed by atoms with Gasteiger partial charge in [0.2, 0.25) is 5.76 Å². The van der Waals surface area contributed by atoms with Gasteiger partial charge < -0.3 is 9.73 Å². The summed E-state index contributed by atoms with van der Waals surface area (Å²) in [6.07, 6.45) is -0.267. The number of para-hydroxylation sites is 1. The van der Waals surface area contributed by atoms with Crippen LogP contribution in [-0.2, 0) is 12.7 Å². The molecule has 0 aliphatic rings. The first-order valence-corrected chi connectivity index (χ1v) is 9.01. The number of hydrogen-bond donors (Lipinski definition) is 1. The molecule has 2 nitrogen and oxygen atoms in total. The van der Waals surface area contributed by atoms with Crippen LogP contribution in [0.5, 0.6) is 0 Å². The van der Waals surface area contributed by atoms with Crippen molar-refractivity contribution >= 4 is 16.5 Å². The Labute approximate surface area is 170 Å². The van der Waals surface area contributed by atoms with Crippen molar-refractivity contribution in [2.45, 2.75) is 19.6 Å². The summed E-state index contributed by atoms with van der Waals surface area (Å²) >= 11 is 0. The van der Waals surface area contributed by atoms with E-state index in [1.807, 2.05) is 0 Å². The highest BCUT2D eigenvalue weighted by atomic mass is 19.4. The molecule has 0 unspecified atom stereocenters. The van der Waals surface area contributed by atoms with Gasteiger partial charge in [-0.2, -0.15) is 13.2 Å². The molecule has 0 amide bonds. The first kappa shape index (κ1) is 21.4. The van der Waals surface area contributed by atoms with Gasteiger partial charge in [-0.05, 0) is 36.8 Å². The Hall–Kier alpha value is -3.35. The Morgan fingerprint density at radius 1 is 1.03 bits per heavy atom. The van der Waals surface area contributed by atoms with Crippen molar-refractivity contribution in [2.75, 3.05) is 0 Å². The Kier molecular flexibility index (Phi) is 6.10. The van der Waals surface area contributed by atoms with Crippen molar-refractivity contribution in [3.05, 3.63) is 101 Å². The summed E-state index contributed by atoms with van der Waals surface area (Å²) in [5, 5.41) is 3.08. The fraction of sp³-hybridized carbons (Fsp3) is 0.130. The van der Waals surface area contributed by atoms with Gasteiger partial charge in [0.15, 0.2) is 0 Å². The molecule has 0 bridgehead atoms. The summed E-state index contributed by atoms with van der Waals surface area (Å²) in [5.41, 5.74) is 0.438. The highest BCUT2D eigenvalue weighted by Gasteiger charge is 2.39. The maximum atomic E-state index is 13.7. The van der Waals surface area contributed by atoms with Gasteiger partial charge in [-0.1, -0.05) is 43.0 Å². The average molecular weight is 419 g/mol. The van der Waals surface area contributed by atoms with Gasteiger partial charge in [0.05, 0.1) is 0 Å². The second-order valence-corrected chi connectivity index (χ2v) is 6.46. The number of fused-ring (bicyclic) bond motifs is 1. The molecule has 0 aliphatic heterocycles. The SMILES string of the molecule is C=C(/C=C\C(=C/C)c1c(C(F)(F)F)oc2ccccc12)NCc1c(F)cccc1F. The number of furan rings is 1. The fourth-order valence-corrected chi connectivity index (χ4v) is 3.01. The van der Waals surface area contributed by atoms with Gasteiger partial charge in [-0.3, -0.25) is 0 Å². The van der Waals surface area contributed by atoms with Gasteiger partial charge in [0, 0.05) is 28.8 Å². The second kappa shape index (κ2) is 8.57. The Morgan fingerprint density at radius 2 is 1.70 bits per heavy atom. The average Bonchev–Trinajstić information content (AvgIpc) is 3.08. The second-order valence-electron chi connectivity index (χ2n) is 6.46. The molecule has 0 spiro atoms. The zero-order valence-corrected chi connectivity index (χ0v) is 16.0. The van der Waals surface area contributed by atoms with Crippen LogP contribution in [-0.4, -0.2) is 0 Å². The number of alkyl halides is 3. The summed E-state index contributed by atoms with van der Waals surface area (Å²) in [5.74, 6) is -2.49. The molecule has 0 fully saturated rings. The highest BCUT2D eigenvalue weighted by Crippen LogP contribution is 2.41. The lowest BCUT2D eigenvalue weighted by molar-refractivity contribution is -0.152. The quantitative estimate of drug-likeness (QED) is 0.344. The predicted molar refractivity (Wildman–Crippen MR) is 106 cm³/mol. The van der Waals surface area contributed by atoms with Crippen LogP contribution in [0.15, 0.2) is 77.4 Å². The van der Waals surface area contributed by atoms with Gasteiger partial charge in [0.25, 0.3) is 0 Å². The minimum Gasteiger partial charge on any atom is -0.451 e. The monoisotopic (exact) mass is 419 g/mol. The number of nitrogens with one attached hydrogen (secondary N) is 1. The molecule has 2 aromatic carbocycles. The number of benzene rings is 2. The lowest BCUT2D eigenvalue weighted by Crippen LogP contribution is -2.13. The zero-order valence-electron chi connectivity index (χ0n) is 16.0. The van der Waals surface area contributed by atoms with Crippen LogP contribution in [0.3, 0.4) is 0 Å². The summed E-state index contributed by atoms with van der Waals surface area (Å²) in [4.78, 5) is 0. The molecule has 0 saturated heterocycles. The zero-order chi connectivity index (χ0) is 21.9. The van der Waals surface area contributed by atoms with Crippen molar-refractivity contribution in [3.63, 3.8) is 0 Å². The minimum absolute atomic E-state index is 0.0789. The largest absolute Gasteiger partial charge is 0.451 e. The third kappa shape index (κ3) is 4.45. The van der Waals surface area contributed by atoms with E-state index in [0.29, 0.717) is 5.39 Å². The smallest absolute Gasteiger partial charge is 0.450 e. The van der Waals surface area contributed by atoms with E-state index in [-0.39, 0.29) is 34.5 Å². The van der Waals surface area contributed by atoms with Crippen LogP contribution in [0.1, 0.15) is 23.8 Å². The van der Waals surface area contributed by atoms with Crippen LogP contribution >= 0.6 is 0 Å². The Bertz CT molecular complexity index is 1120. The number of allylic oxidation sites excluding steroid dienone is 4. The molecule has 7 heteroatoms. The van der Waals surface area contributed by atoms with E-state index < -0.39 is 23.6 Å². The Morgan fingerprint density at radius 3 is 2.33 bits per heavy atom. The molecular weight excluding hydrogens is 401 g/mol.